The number of carbonyl (C=O) groups is 1. The second-order valence-corrected chi connectivity index (χ2v) is 8.33. The van der Waals surface area contributed by atoms with Gasteiger partial charge in [-0.15, -0.1) is 0 Å². The van der Waals surface area contributed by atoms with Gasteiger partial charge in [0.1, 0.15) is 0 Å². The number of aromatic nitrogens is 1. The van der Waals surface area contributed by atoms with Crippen molar-refractivity contribution in [3.05, 3.63) is 119 Å². The maximum Gasteiger partial charge on any atom is 0.244 e. The van der Waals surface area contributed by atoms with Crippen molar-refractivity contribution >= 4 is 11.5 Å². The first-order valence-electron chi connectivity index (χ1n) is 11.2. The molecule has 0 unspecified atom stereocenters. The topological polar surface area (TPSA) is 42.0 Å². The summed E-state index contributed by atoms with van der Waals surface area (Å²) in [7, 11) is 0. The van der Waals surface area contributed by atoms with Crippen molar-refractivity contribution in [2.75, 3.05) is 0 Å². The van der Waals surface area contributed by atoms with Crippen molar-refractivity contribution in [1.29, 1.82) is 0 Å². The Hall–Kier alpha value is -3.46. The molecule has 0 saturated heterocycles. The molecule has 0 aliphatic heterocycles. The van der Waals surface area contributed by atoms with E-state index in [2.05, 4.69) is 85.7 Å². The highest BCUT2D eigenvalue weighted by molar-refractivity contribution is 5.89. The zero-order chi connectivity index (χ0) is 22.8. The Morgan fingerprint density at radius 3 is 2.16 bits per heavy atom. The number of amides is 1. The molecule has 3 aromatic rings. The third kappa shape index (κ3) is 7.35. The van der Waals surface area contributed by atoms with Crippen LogP contribution in [0.15, 0.2) is 91.3 Å². The number of hydrogen-bond acceptors (Lipinski definition) is 2. The van der Waals surface area contributed by atoms with Gasteiger partial charge in [-0.1, -0.05) is 77.9 Å². The van der Waals surface area contributed by atoms with E-state index in [1.165, 1.54) is 16.7 Å². The summed E-state index contributed by atoms with van der Waals surface area (Å²) >= 11 is 0. The summed E-state index contributed by atoms with van der Waals surface area (Å²) in [6, 6.07) is 21.1. The lowest BCUT2D eigenvalue weighted by Gasteiger charge is -2.12. The van der Waals surface area contributed by atoms with Crippen LogP contribution in [0.2, 0.25) is 0 Å². The van der Waals surface area contributed by atoms with Crippen molar-refractivity contribution in [1.82, 2.24) is 10.3 Å². The van der Waals surface area contributed by atoms with Gasteiger partial charge in [-0.05, 0) is 68.4 Å². The molecule has 0 bridgehead atoms. The van der Waals surface area contributed by atoms with Crippen LogP contribution in [0.5, 0.6) is 0 Å². The van der Waals surface area contributed by atoms with Crippen molar-refractivity contribution in [3.8, 4) is 0 Å². The van der Waals surface area contributed by atoms with Gasteiger partial charge in [-0.2, -0.15) is 0 Å². The van der Waals surface area contributed by atoms with E-state index in [4.69, 9.17) is 0 Å². The van der Waals surface area contributed by atoms with Crippen LogP contribution in [0.4, 0.5) is 0 Å². The van der Waals surface area contributed by atoms with E-state index in [1.807, 2.05) is 24.4 Å². The number of benzene rings is 2. The van der Waals surface area contributed by atoms with Crippen LogP contribution in [0.25, 0.3) is 5.57 Å². The molecular weight excluding hydrogens is 392 g/mol. The predicted octanol–water partition coefficient (Wildman–Crippen LogP) is 6.21. The minimum Gasteiger partial charge on any atom is -0.350 e. The third-order valence-electron chi connectivity index (χ3n) is 5.45. The highest BCUT2D eigenvalue weighted by atomic mass is 16.1. The third-order valence-corrected chi connectivity index (χ3v) is 5.45. The van der Waals surface area contributed by atoms with Crippen molar-refractivity contribution in [2.45, 2.75) is 46.1 Å². The first kappa shape index (κ1) is 23.2. The molecule has 0 aliphatic rings. The van der Waals surface area contributed by atoms with Crippen LogP contribution < -0.4 is 5.32 Å². The van der Waals surface area contributed by atoms with Crippen LogP contribution in [0, 0.1) is 13.8 Å². The molecule has 3 rings (SSSR count). The Labute approximate surface area is 191 Å². The predicted molar refractivity (Wildman–Crippen MR) is 133 cm³/mol. The van der Waals surface area contributed by atoms with E-state index in [9.17, 15) is 4.79 Å². The van der Waals surface area contributed by atoms with E-state index in [0.29, 0.717) is 0 Å². The number of hydrogen-bond donors (Lipinski definition) is 1. The van der Waals surface area contributed by atoms with Gasteiger partial charge in [-0.3, -0.25) is 9.78 Å². The first-order chi connectivity index (χ1) is 15.5. The number of nitrogens with one attached hydrogen (secondary N) is 1. The molecule has 1 atom stereocenters. The fourth-order valence-electron chi connectivity index (χ4n) is 3.58. The molecule has 0 aliphatic carbocycles. The largest absolute Gasteiger partial charge is 0.350 e. The van der Waals surface area contributed by atoms with Gasteiger partial charge in [0.25, 0.3) is 0 Å². The highest BCUT2D eigenvalue weighted by Gasteiger charge is 2.06. The SMILES string of the molecule is Cc1ccc(C(=C/C=C/C(=O)N[C@H](C)CCCc2cccnc2)c2ccc(C)cc2)cc1. The monoisotopic (exact) mass is 424 g/mol. The summed E-state index contributed by atoms with van der Waals surface area (Å²) in [5, 5.41) is 3.06. The van der Waals surface area contributed by atoms with E-state index in [-0.39, 0.29) is 11.9 Å². The minimum absolute atomic E-state index is 0.0673. The molecule has 1 aromatic heterocycles. The Balaban J connectivity index is 1.61. The van der Waals surface area contributed by atoms with E-state index in [0.717, 1.165) is 36.0 Å². The Morgan fingerprint density at radius 2 is 1.59 bits per heavy atom. The normalized spacial score (nSPS) is 11.8. The summed E-state index contributed by atoms with van der Waals surface area (Å²) in [6.45, 7) is 6.22. The molecule has 0 radical (unpaired) electrons. The zero-order valence-electron chi connectivity index (χ0n) is 19.2. The number of aryl methyl sites for hydroxylation is 3. The second-order valence-electron chi connectivity index (χ2n) is 8.33. The molecule has 1 heterocycles. The minimum atomic E-state index is -0.0673. The lowest BCUT2D eigenvalue weighted by molar-refractivity contribution is -0.117. The van der Waals surface area contributed by atoms with Crippen molar-refractivity contribution in [3.63, 3.8) is 0 Å². The molecule has 2 aromatic carbocycles. The Kier molecular flexibility index (Phi) is 8.56. The van der Waals surface area contributed by atoms with Gasteiger partial charge >= 0.3 is 0 Å². The number of rotatable bonds is 9. The smallest absolute Gasteiger partial charge is 0.244 e. The molecule has 0 spiro atoms. The van der Waals surface area contributed by atoms with Crippen LogP contribution in [-0.2, 0) is 11.2 Å². The molecule has 3 heteroatoms. The van der Waals surface area contributed by atoms with Crippen molar-refractivity contribution < 1.29 is 4.79 Å². The maximum absolute atomic E-state index is 12.4. The van der Waals surface area contributed by atoms with E-state index < -0.39 is 0 Å². The summed E-state index contributed by atoms with van der Waals surface area (Å²) in [5.74, 6) is -0.0673. The van der Waals surface area contributed by atoms with Crippen molar-refractivity contribution in [2.24, 2.45) is 0 Å². The van der Waals surface area contributed by atoms with Gasteiger partial charge in [0.15, 0.2) is 0 Å². The lowest BCUT2D eigenvalue weighted by Crippen LogP contribution is -2.31. The fourth-order valence-corrected chi connectivity index (χ4v) is 3.58. The average Bonchev–Trinajstić information content (AvgIpc) is 2.79. The average molecular weight is 425 g/mol. The molecule has 164 valence electrons. The summed E-state index contributed by atoms with van der Waals surface area (Å²) in [6.07, 6.45) is 12.1. The molecule has 3 nitrogen and oxygen atoms in total. The highest BCUT2D eigenvalue weighted by Crippen LogP contribution is 2.24. The number of pyridine rings is 1. The number of nitrogens with zero attached hydrogens (tertiary/aromatic N) is 1. The molecule has 1 amide bonds. The van der Waals surface area contributed by atoms with Crippen LogP contribution in [-0.4, -0.2) is 16.9 Å². The zero-order valence-corrected chi connectivity index (χ0v) is 19.2. The van der Waals surface area contributed by atoms with Gasteiger partial charge in [0, 0.05) is 24.5 Å². The van der Waals surface area contributed by atoms with Gasteiger partial charge in [0.2, 0.25) is 5.91 Å². The molecule has 32 heavy (non-hydrogen) atoms. The molecular formula is C29H32N2O. The Bertz CT molecular complexity index is 1000. The van der Waals surface area contributed by atoms with Gasteiger partial charge in [-0.25, -0.2) is 0 Å². The van der Waals surface area contributed by atoms with E-state index >= 15 is 0 Å². The first-order valence-corrected chi connectivity index (χ1v) is 11.2. The number of allylic oxidation sites excluding steroid dienone is 2. The van der Waals surface area contributed by atoms with Crippen LogP contribution in [0.3, 0.4) is 0 Å². The quantitative estimate of drug-likeness (QED) is 0.327. The van der Waals surface area contributed by atoms with Gasteiger partial charge < -0.3 is 5.32 Å². The lowest BCUT2D eigenvalue weighted by atomic mass is 9.96. The summed E-state index contributed by atoms with van der Waals surface area (Å²) in [5.41, 5.74) is 7.05. The summed E-state index contributed by atoms with van der Waals surface area (Å²) < 4.78 is 0. The summed E-state index contributed by atoms with van der Waals surface area (Å²) in [4.78, 5) is 16.5. The number of carbonyl (C=O) groups excluding carboxylic acids is 1. The maximum atomic E-state index is 12.4. The van der Waals surface area contributed by atoms with Crippen LogP contribution in [0.1, 0.15) is 47.6 Å². The fraction of sp³-hybridized carbons (Fsp3) is 0.241. The second kappa shape index (κ2) is 11.8. The Morgan fingerprint density at radius 1 is 0.969 bits per heavy atom. The molecule has 0 fully saturated rings. The molecule has 1 N–H and O–H groups in total. The molecule has 0 saturated carbocycles. The standard InChI is InChI=1S/C29H32N2O/c1-22-12-16-26(17-13-22)28(27-18-14-23(2)15-19-27)10-5-11-29(32)31-24(3)7-4-8-25-9-6-20-30-21-25/h5-6,9-21,24H,4,7-8H2,1-3H3,(H,31,32)/b11-5+/t24-/m1/s1. The van der Waals surface area contributed by atoms with Crippen LogP contribution >= 0.6 is 0 Å². The van der Waals surface area contributed by atoms with E-state index in [1.54, 1.807) is 12.3 Å². The van der Waals surface area contributed by atoms with Gasteiger partial charge in [0.05, 0.1) is 0 Å².